The van der Waals surface area contributed by atoms with E-state index in [0.717, 1.165) is 5.52 Å². The minimum absolute atomic E-state index is 0.303. The lowest BCUT2D eigenvalue weighted by atomic mass is 10.2. The maximum atomic E-state index is 13.4. The number of fused-ring (bicyclic) bond motifs is 1. The van der Waals surface area contributed by atoms with Gasteiger partial charge in [-0.2, -0.15) is 0 Å². The molecule has 0 atom stereocenters. The Morgan fingerprint density at radius 2 is 2.05 bits per heavy atom. The number of halogens is 1. The van der Waals surface area contributed by atoms with Gasteiger partial charge in [-0.25, -0.2) is 9.37 Å². The summed E-state index contributed by atoms with van der Waals surface area (Å²) < 4.78 is 20.6. The van der Waals surface area contributed by atoms with Crippen LogP contribution in [0.4, 0.5) is 10.3 Å². The number of benzene rings is 2. The summed E-state index contributed by atoms with van der Waals surface area (Å²) in [6.07, 6.45) is 0. The van der Waals surface area contributed by atoms with Gasteiger partial charge >= 0.3 is 0 Å². The van der Waals surface area contributed by atoms with Crippen molar-refractivity contribution in [3.8, 4) is 11.4 Å². The van der Waals surface area contributed by atoms with Crippen molar-refractivity contribution in [3.63, 3.8) is 0 Å². The molecule has 102 valence electrons. The molecule has 0 bridgehead atoms. The molecule has 0 spiro atoms. The Balaban J connectivity index is 2.26. The molecule has 0 fully saturated rings. The van der Waals surface area contributed by atoms with Gasteiger partial charge in [-0.3, -0.25) is 4.57 Å². The van der Waals surface area contributed by atoms with Crippen molar-refractivity contribution in [2.45, 2.75) is 6.92 Å². The molecule has 3 rings (SSSR count). The number of nitrogens with zero attached hydrogens (tertiary/aromatic N) is 2. The fraction of sp³-hybridized carbons (Fsp3) is 0.133. The van der Waals surface area contributed by atoms with E-state index in [1.165, 1.54) is 12.1 Å². The van der Waals surface area contributed by atoms with Crippen LogP contribution in [0.5, 0.6) is 5.75 Å². The van der Waals surface area contributed by atoms with E-state index < -0.39 is 0 Å². The first-order chi connectivity index (χ1) is 9.70. The second-order valence-electron chi connectivity index (χ2n) is 4.34. The summed E-state index contributed by atoms with van der Waals surface area (Å²) in [5.74, 6) is 0.661. The lowest BCUT2D eigenvalue weighted by molar-refractivity contribution is 0.344. The van der Waals surface area contributed by atoms with E-state index in [9.17, 15) is 4.39 Å². The Bertz CT molecular complexity index is 767. The summed E-state index contributed by atoms with van der Waals surface area (Å²) in [4.78, 5) is 4.33. The highest BCUT2D eigenvalue weighted by molar-refractivity contribution is 5.86. The first kappa shape index (κ1) is 12.5. The number of anilines is 1. The fourth-order valence-corrected chi connectivity index (χ4v) is 2.25. The number of nitrogen functional groups attached to an aromatic ring is 1. The number of hydrogen-bond donors (Lipinski definition) is 1. The van der Waals surface area contributed by atoms with Crippen LogP contribution in [0.2, 0.25) is 0 Å². The minimum atomic E-state index is -0.315. The van der Waals surface area contributed by atoms with Crippen molar-refractivity contribution in [2.75, 3.05) is 12.3 Å². The van der Waals surface area contributed by atoms with E-state index in [1.54, 1.807) is 16.7 Å². The second kappa shape index (κ2) is 4.85. The largest absolute Gasteiger partial charge is 0.492 e. The standard InChI is InChI=1S/C15H14FN3O/c1-2-20-13-8-4-7-12-14(13)18-15(17)19(12)11-6-3-5-10(16)9-11/h3-9H,2H2,1H3,(H2,17,18). The predicted octanol–water partition coefficient (Wildman–Crippen LogP) is 3.15. The van der Waals surface area contributed by atoms with Crippen LogP contribution in [0, 0.1) is 5.82 Å². The summed E-state index contributed by atoms with van der Waals surface area (Å²) in [5, 5.41) is 0. The van der Waals surface area contributed by atoms with Gasteiger partial charge in [0.05, 0.1) is 17.8 Å². The maximum Gasteiger partial charge on any atom is 0.206 e. The van der Waals surface area contributed by atoms with Gasteiger partial charge in [-0.05, 0) is 37.3 Å². The molecule has 0 saturated carbocycles. The van der Waals surface area contributed by atoms with E-state index >= 15 is 0 Å². The average Bonchev–Trinajstić information content (AvgIpc) is 2.76. The van der Waals surface area contributed by atoms with Crippen LogP contribution >= 0.6 is 0 Å². The van der Waals surface area contributed by atoms with Gasteiger partial charge in [0.1, 0.15) is 17.1 Å². The second-order valence-corrected chi connectivity index (χ2v) is 4.34. The number of rotatable bonds is 3. The fourth-order valence-electron chi connectivity index (χ4n) is 2.25. The normalized spacial score (nSPS) is 10.9. The van der Waals surface area contributed by atoms with Gasteiger partial charge in [0, 0.05) is 0 Å². The molecule has 1 heterocycles. The molecular weight excluding hydrogens is 257 g/mol. The molecule has 0 aliphatic rings. The highest BCUT2D eigenvalue weighted by Gasteiger charge is 2.13. The quantitative estimate of drug-likeness (QED) is 0.796. The molecule has 20 heavy (non-hydrogen) atoms. The smallest absolute Gasteiger partial charge is 0.206 e. The lowest BCUT2D eigenvalue weighted by Gasteiger charge is -2.07. The molecule has 0 aliphatic heterocycles. The Kier molecular flexibility index (Phi) is 3.02. The first-order valence-electron chi connectivity index (χ1n) is 6.36. The van der Waals surface area contributed by atoms with Crippen molar-refractivity contribution >= 4 is 17.0 Å². The average molecular weight is 271 g/mol. The summed E-state index contributed by atoms with van der Waals surface area (Å²) in [7, 11) is 0. The zero-order chi connectivity index (χ0) is 14.1. The topological polar surface area (TPSA) is 53.1 Å². The Morgan fingerprint density at radius 1 is 1.25 bits per heavy atom. The number of nitrogens with two attached hydrogens (primary N) is 1. The molecule has 2 N–H and O–H groups in total. The third-order valence-corrected chi connectivity index (χ3v) is 3.04. The highest BCUT2D eigenvalue weighted by Crippen LogP contribution is 2.29. The Labute approximate surface area is 115 Å². The van der Waals surface area contributed by atoms with Crippen LogP contribution in [0.1, 0.15) is 6.92 Å². The van der Waals surface area contributed by atoms with Crippen LogP contribution in [0.25, 0.3) is 16.7 Å². The summed E-state index contributed by atoms with van der Waals surface area (Å²) in [6, 6.07) is 11.8. The Morgan fingerprint density at radius 3 is 2.80 bits per heavy atom. The van der Waals surface area contributed by atoms with Crippen LogP contribution in [-0.2, 0) is 0 Å². The molecule has 1 aromatic heterocycles. The third kappa shape index (κ3) is 1.97. The molecule has 0 saturated heterocycles. The van der Waals surface area contributed by atoms with E-state index in [2.05, 4.69) is 4.98 Å². The number of hydrogen-bond acceptors (Lipinski definition) is 3. The number of aromatic nitrogens is 2. The minimum Gasteiger partial charge on any atom is -0.492 e. The van der Waals surface area contributed by atoms with E-state index in [0.29, 0.717) is 29.5 Å². The van der Waals surface area contributed by atoms with Crippen molar-refractivity contribution in [3.05, 3.63) is 48.3 Å². The van der Waals surface area contributed by atoms with Crippen molar-refractivity contribution in [1.29, 1.82) is 0 Å². The number of imidazole rings is 1. The summed E-state index contributed by atoms with van der Waals surface area (Å²) >= 11 is 0. The number of para-hydroxylation sites is 1. The van der Waals surface area contributed by atoms with Crippen molar-refractivity contribution < 1.29 is 9.13 Å². The zero-order valence-electron chi connectivity index (χ0n) is 11.0. The van der Waals surface area contributed by atoms with Gasteiger partial charge in [-0.1, -0.05) is 12.1 Å². The molecule has 2 aromatic carbocycles. The van der Waals surface area contributed by atoms with Gasteiger partial charge in [0.25, 0.3) is 0 Å². The van der Waals surface area contributed by atoms with Crippen LogP contribution in [-0.4, -0.2) is 16.2 Å². The van der Waals surface area contributed by atoms with Gasteiger partial charge in [0.15, 0.2) is 0 Å². The highest BCUT2D eigenvalue weighted by atomic mass is 19.1. The monoisotopic (exact) mass is 271 g/mol. The van der Waals surface area contributed by atoms with Gasteiger partial charge in [-0.15, -0.1) is 0 Å². The predicted molar refractivity (Wildman–Crippen MR) is 76.6 cm³/mol. The molecule has 0 unspecified atom stereocenters. The van der Waals surface area contributed by atoms with Crippen LogP contribution < -0.4 is 10.5 Å². The van der Waals surface area contributed by atoms with Crippen molar-refractivity contribution in [2.24, 2.45) is 0 Å². The van der Waals surface area contributed by atoms with Crippen LogP contribution in [0.15, 0.2) is 42.5 Å². The SMILES string of the molecule is CCOc1cccc2c1nc(N)n2-c1cccc(F)c1. The first-order valence-corrected chi connectivity index (χ1v) is 6.36. The number of ether oxygens (including phenoxy) is 1. The molecule has 3 aromatic rings. The Hall–Kier alpha value is -2.56. The van der Waals surface area contributed by atoms with Gasteiger partial charge < -0.3 is 10.5 Å². The molecule has 5 heteroatoms. The summed E-state index contributed by atoms with van der Waals surface area (Å²) in [5.41, 5.74) is 8.08. The molecule has 0 amide bonds. The van der Waals surface area contributed by atoms with Crippen LogP contribution in [0.3, 0.4) is 0 Å². The van der Waals surface area contributed by atoms with E-state index in [4.69, 9.17) is 10.5 Å². The zero-order valence-corrected chi connectivity index (χ0v) is 11.0. The lowest BCUT2D eigenvalue weighted by Crippen LogP contribution is -2.00. The van der Waals surface area contributed by atoms with E-state index in [1.807, 2.05) is 25.1 Å². The molecule has 0 radical (unpaired) electrons. The third-order valence-electron chi connectivity index (χ3n) is 3.04. The maximum absolute atomic E-state index is 13.4. The molecular formula is C15H14FN3O. The van der Waals surface area contributed by atoms with Gasteiger partial charge in [0.2, 0.25) is 5.95 Å². The van der Waals surface area contributed by atoms with E-state index in [-0.39, 0.29) is 5.82 Å². The molecule has 0 aliphatic carbocycles. The van der Waals surface area contributed by atoms with Crippen molar-refractivity contribution in [1.82, 2.24) is 9.55 Å². The summed E-state index contributed by atoms with van der Waals surface area (Å²) in [6.45, 7) is 2.46. The molecule has 4 nitrogen and oxygen atoms in total.